The van der Waals surface area contributed by atoms with Crippen LogP contribution in [0.25, 0.3) is 11.1 Å². The maximum atomic E-state index is 11.2. The summed E-state index contributed by atoms with van der Waals surface area (Å²) in [6, 6.07) is 14.1. The first-order chi connectivity index (χ1) is 11.1. The van der Waals surface area contributed by atoms with Crippen molar-refractivity contribution in [1.29, 1.82) is 0 Å². The van der Waals surface area contributed by atoms with Crippen molar-refractivity contribution in [3.63, 3.8) is 0 Å². The SMILES string of the molecule is O=C(O)NC1c2ccc(-c3ccc(Cl)cc3)cc2CCC12CC2. The highest BCUT2D eigenvalue weighted by Gasteiger charge is 2.52. The third kappa shape index (κ3) is 2.59. The topological polar surface area (TPSA) is 49.3 Å². The normalized spacial score (nSPS) is 20.8. The van der Waals surface area contributed by atoms with Crippen molar-refractivity contribution in [3.8, 4) is 11.1 Å². The molecule has 1 spiro atoms. The number of aryl methyl sites for hydroxylation is 1. The number of fused-ring (bicyclic) bond motifs is 1. The number of amides is 1. The molecule has 1 unspecified atom stereocenters. The average Bonchev–Trinajstić information content (AvgIpc) is 3.31. The van der Waals surface area contributed by atoms with Gasteiger partial charge in [0.2, 0.25) is 0 Å². The molecule has 0 radical (unpaired) electrons. The van der Waals surface area contributed by atoms with Crippen LogP contribution in [0.1, 0.15) is 36.4 Å². The second-order valence-corrected chi connectivity index (χ2v) is 7.10. The van der Waals surface area contributed by atoms with Crippen LogP contribution in [0.15, 0.2) is 42.5 Å². The largest absolute Gasteiger partial charge is 0.465 e. The molecule has 1 atom stereocenters. The molecule has 0 aliphatic heterocycles. The Bertz CT molecular complexity index is 765. The van der Waals surface area contributed by atoms with Gasteiger partial charge in [0, 0.05) is 5.02 Å². The monoisotopic (exact) mass is 327 g/mol. The summed E-state index contributed by atoms with van der Waals surface area (Å²) in [6.45, 7) is 0. The number of hydrogen-bond acceptors (Lipinski definition) is 1. The van der Waals surface area contributed by atoms with Crippen LogP contribution in [0.3, 0.4) is 0 Å². The molecule has 1 amide bonds. The van der Waals surface area contributed by atoms with Gasteiger partial charge in [0.25, 0.3) is 0 Å². The van der Waals surface area contributed by atoms with Gasteiger partial charge in [0.1, 0.15) is 0 Å². The lowest BCUT2D eigenvalue weighted by Crippen LogP contribution is -2.36. The lowest BCUT2D eigenvalue weighted by molar-refractivity contribution is 0.178. The fourth-order valence-corrected chi connectivity index (χ4v) is 3.96. The molecule has 0 aromatic heterocycles. The van der Waals surface area contributed by atoms with Gasteiger partial charge in [-0.1, -0.05) is 41.9 Å². The van der Waals surface area contributed by atoms with Crippen LogP contribution < -0.4 is 5.32 Å². The maximum absolute atomic E-state index is 11.2. The Balaban J connectivity index is 1.72. The van der Waals surface area contributed by atoms with Gasteiger partial charge in [-0.2, -0.15) is 0 Å². The fraction of sp³-hybridized carbons (Fsp3) is 0.316. The van der Waals surface area contributed by atoms with E-state index in [0.29, 0.717) is 0 Å². The van der Waals surface area contributed by atoms with Crippen LogP contribution in [-0.2, 0) is 6.42 Å². The Hall–Kier alpha value is -2.00. The Kier molecular flexibility index (Phi) is 3.34. The zero-order valence-corrected chi connectivity index (χ0v) is 13.4. The van der Waals surface area contributed by atoms with Crippen LogP contribution in [0, 0.1) is 5.41 Å². The molecule has 2 aliphatic rings. The maximum Gasteiger partial charge on any atom is 0.405 e. The number of halogens is 1. The molecule has 118 valence electrons. The Morgan fingerprint density at radius 3 is 2.43 bits per heavy atom. The first-order valence-corrected chi connectivity index (χ1v) is 8.33. The van der Waals surface area contributed by atoms with Crippen LogP contribution >= 0.6 is 11.6 Å². The van der Waals surface area contributed by atoms with E-state index in [4.69, 9.17) is 11.6 Å². The van der Waals surface area contributed by atoms with Crippen molar-refractivity contribution in [2.24, 2.45) is 5.41 Å². The summed E-state index contributed by atoms with van der Waals surface area (Å²) < 4.78 is 0. The number of benzene rings is 2. The summed E-state index contributed by atoms with van der Waals surface area (Å²) in [7, 11) is 0. The molecule has 1 saturated carbocycles. The van der Waals surface area contributed by atoms with Gasteiger partial charge in [-0.25, -0.2) is 4.79 Å². The molecule has 4 rings (SSSR count). The molecule has 4 heteroatoms. The smallest absolute Gasteiger partial charge is 0.405 e. The second-order valence-electron chi connectivity index (χ2n) is 6.67. The van der Waals surface area contributed by atoms with Crippen LogP contribution in [-0.4, -0.2) is 11.2 Å². The number of rotatable bonds is 2. The molecule has 3 nitrogen and oxygen atoms in total. The lowest BCUT2D eigenvalue weighted by Gasteiger charge is -2.34. The molecule has 23 heavy (non-hydrogen) atoms. The zero-order chi connectivity index (χ0) is 16.0. The van der Waals surface area contributed by atoms with E-state index in [-0.39, 0.29) is 11.5 Å². The predicted molar refractivity (Wildman–Crippen MR) is 90.8 cm³/mol. The minimum absolute atomic E-state index is 0.0667. The number of carbonyl (C=O) groups is 1. The van der Waals surface area contributed by atoms with E-state index in [1.54, 1.807) is 0 Å². The first-order valence-electron chi connectivity index (χ1n) is 7.96. The van der Waals surface area contributed by atoms with E-state index in [2.05, 4.69) is 23.5 Å². The van der Waals surface area contributed by atoms with E-state index in [1.807, 2.05) is 24.3 Å². The highest BCUT2D eigenvalue weighted by molar-refractivity contribution is 6.30. The van der Waals surface area contributed by atoms with E-state index in [1.165, 1.54) is 5.56 Å². The van der Waals surface area contributed by atoms with Gasteiger partial charge in [0.15, 0.2) is 0 Å². The third-order valence-electron chi connectivity index (χ3n) is 5.30. The molecular weight excluding hydrogens is 310 g/mol. The van der Waals surface area contributed by atoms with E-state index in [9.17, 15) is 9.90 Å². The standard InChI is InChI=1S/C19H18ClNO2/c20-15-4-1-12(2-5-15)13-3-6-16-14(11-13)7-8-19(9-10-19)17(16)21-18(22)23/h1-6,11,17,21H,7-10H2,(H,22,23). The van der Waals surface area contributed by atoms with E-state index >= 15 is 0 Å². The minimum atomic E-state index is -0.934. The molecular formula is C19H18ClNO2. The van der Waals surface area contributed by atoms with Crippen LogP contribution in [0.4, 0.5) is 4.79 Å². The Labute approximate surface area is 140 Å². The van der Waals surface area contributed by atoms with Crippen LogP contribution in [0.2, 0.25) is 5.02 Å². The van der Waals surface area contributed by atoms with E-state index in [0.717, 1.165) is 47.4 Å². The molecule has 0 bridgehead atoms. The van der Waals surface area contributed by atoms with Crippen molar-refractivity contribution < 1.29 is 9.90 Å². The molecule has 0 saturated heterocycles. The minimum Gasteiger partial charge on any atom is -0.465 e. The summed E-state index contributed by atoms with van der Waals surface area (Å²) in [5.74, 6) is 0. The van der Waals surface area contributed by atoms with Gasteiger partial charge in [-0.05, 0) is 65.5 Å². The van der Waals surface area contributed by atoms with Gasteiger partial charge < -0.3 is 10.4 Å². The highest BCUT2D eigenvalue weighted by atomic mass is 35.5. The van der Waals surface area contributed by atoms with Crippen molar-refractivity contribution in [2.75, 3.05) is 0 Å². The summed E-state index contributed by atoms with van der Waals surface area (Å²) in [6.07, 6.45) is 3.40. The molecule has 1 fully saturated rings. The first kappa shape index (κ1) is 14.6. The van der Waals surface area contributed by atoms with Gasteiger partial charge >= 0.3 is 6.09 Å². The van der Waals surface area contributed by atoms with Gasteiger partial charge in [-0.3, -0.25) is 0 Å². The summed E-state index contributed by atoms with van der Waals surface area (Å²) >= 11 is 5.96. The van der Waals surface area contributed by atoms with Crippen molar-refractivity contribution >= 4 is 17.7 Å². The molecule has 2 aromatic carbocycles. The fourth-order valence-electron chi connectivity index (χ4n) is 3.84. The Morgan fingerprint density at radius 1 is 1.09 bits per heavy atom. The summed E-state index contributed by atoms with van der Waals surface area (Å²) in [4.78, 5) is 11.2. The third-order valence-corrected chi connectivity index (χ3v) is 5.55. The zero-order valence-electron chi connectivity index (χ0n) is 12.7. The molecule has 2 aliphatic carbocycles. The second kappa shape index (κ2) is 5.27. The van der Waals surface area contributed by atoms with E-state index < -0.39 is 6.09 Å². The molecule has 2 N–H and O–H groups in total. The van der Waals surface area contributed by atoms with Crippen molar-refractivity contribution in [1.82, 2.24) is 5.32 Å². The van der Waals surface area contributed by atoms with Crippen LogP contribution in [0.5, 0.6) is 0 Å². The lowest BCUT2D eigenvalue weighted by atomic mass is 9.76. The van der Waals surface area contributed by atoms with Crippen molar-refractivity contribution in [3.05, 3.63) is 58.6 Å². The van der Waals surface area contributed by atoms with Gasteiger partial charge in [-0.15, -0.1) is 0 Å². The quantitative estimate of drug-likeness (QED) is 0.811. The summed E-state index contributed by atoms with van der Waals surface area (Å²) in [5.41, 5.74) is 4.85. The number of hydrogen-bond donors (Lipinski definition) is 2. The number of nitrogens with one attached hydrogen (secondary N) is 1. The summed E-state index contributed by atoms with van der Waals surface area (Å²) in [5, 5.41) is 12.7. The molecule has 0 heterocycles. The van der Waals surface area contributed by atoms with Crippen molar-refractivity contribution in [2.45, 2.75) is 31.7 Å². The predicted octanol–water partition coefficient (Wildman–Crippen LogP) is 5.04. The average molecular weight is 328 g/mol. The van der Waals surface area contributed by atoms with Gasteiger partial charge in [0.05, 0.1) is 6.04 Å². The Morgan fingerprint density at radius 2 is 1.78 bits per heavy atom. The highest BCUT2D eigenvalue weighted by Crippen LogP contribution is 2.60. The molecule has 2 aromatic rings. The number of carboxylic acid groups (broad SMARTS) is 1.